The van der Waals surface area contributed by atoms with E-state index in [2.05, 4.69) is 10.3 Å². The average molecular weight is 213 g/mol. The van der Waals surface area contributed by atoms with Crippen molar-refractivity contribution in [3.8, 4) is 0 Å². The molecule has 1 aromatic rings. The van der Waals surface area contributed by atoms with E-state index in [0.29, 0.717) is 6.42 Å². The molecular formula is C9H15N3OS. The van der Waals surface area contributed by atoms with Crippen LogP contribution >= 0.6 is 11.3 Å². The number of hydrogen-bond acceptors (Lipinski definition) is 4. The smallest absolute Gasteiger partial charge is 0.218 e. The van der Waals surface area contributed by atoms with Gasteiger partial charge in [-0.05, 0) is 13.8 Å². The molecular weight excluding hydrogens is 198 g/mol. The lowest BCUT2D eigenvalue weighted by Gasteiger charge is -2.16. The van der Waals surface area contributed by atoms with E-state index in [4.69, 9.17) is 5.73 Å². The fourth-order valence-corrected chi connectivity index (χ4v) is 1.96. The summed E-state index contributed by atoms with van der Waals surface area (Å²) in [6, 6.07) is 0.260. The molecule has 0 fully saturated rings. The molecule has 0 aliphatic heterocycles. The lowest BCUT2D eigenvalue weighted by Crippen LogP contribution is -2.32. The van der Waals surface area contributed by atoms with E-state index in [1.54, 1.807) is 17.5 Å². The van der Waals surface area contributed by atoms with Crippen LogP contribution in [0.1, 0.15) is 31.3 Å². The molecule has 0 aliphatic rings. The minimum absolute atomic E-state index is 0.0893. The van der Waals surface area contributed by atoms with Gasteiger partial charge in [-0.2, -0.15) is 0 Å². The third-order valence-electron chi connectivity index (χ3n) is 1.86. The maximum atomic E-state index is 10.6. The van der Waals surface area contributed by atoms with Gasteiger partial charge >= 0.3 is 0 Å². The molecule has 1 amide bonds. The topological polar surface area (TPSA) is 68.0 Å². The molecule has 0 aliphatic carbocycles. The lowest BCUT2D eigenvalue weighted by molar-refractivity contribution is -0.118. The van der Waals surface area contributed by atoms with Crippen LogP contribution in [0.25, 0.3) is 0 Å². The SMILES string of the molecule is CC(CC(N)=O)NC(C)c1nccs1. The Morgan fingerprint density at radius 2 is 2.43 bits per heavy atom. The molecule has 3 N–H and O–H groups in total. The molecule has 4 nitrogen and oxygen atoms in total. The van der Waals surface area contributed by atoms with Crippen molar-refractivity contribution >= 4 is 17.2 Å². The minimum atomic E-state index is -0.281. The Hall–Kier alpha value is -0.940. The van der Waals surface area contributed by atoms with Gasteiger partial charge in [0.05, 0.1) is 6.04 Å². The molecule has 0 bridgehead atoms. The van der Waals surface area contributed by atoms with Gasteiger partial charge in [0.2, 0.25) is 5.91 Å². The lowest BCUT2D eigenvalue weighted by atomic mass is 10.2. The zero-order chi connectivity index (χ0) is 10.6. The van der Waals surface area contributed by atoms with E-state index in [0.717, 1.165) is 5.01 Å². The summed E-state index contributed by atoms with van der Waals surface area (Å²) in [5.74, 6) is -0.281. The van der Waals surface area contributed by atoms with Crippen LogP contribution in [-0.4, -0.2) is 16.9 Å². The van der Waals surface area contributed by atoms with Gasteiger partial charge in [0.25, 0.3) is 0 Å². The Morgan fingerprint density at radius 3 is 2.93 bits per heavy atom. The van der Waals surface area contributed by atoms with Crippen LogP contribution in [0.15, 0.2) is 11.6 Å². The molecule has 0 radical (unpaired) electrons. The van der Waals surface area contributed by atoms with Gasteiger partial charge in [0, 0.05) is 24.0 Å². The van der Waals surface area contributed by atoms with E-state index in [9.17, 15) is 4.79 Å². The van der Waals surface area contributed by atoms with Crippen molar-refractivity contribution in [3.05, 3.63) is 16.6 Å². The Bertz CT molecular complexity index is 286. The van der Waals surface area contributed by atoms with Gasteiger partial charge in [0.1, 0.15) is 5.01 Å². The summed E-state index contributed by atoms with van der Waals surface area (Å²) in [6.45, 7) is 3.96. The molecule has 5 heteroatoms. The highest BCUT2D eigenvalue weighted by atomic mass is 32.1. The van der Waals surface area contributed by atoms with E-state index >= 15 is 0 Å². The largest absolute Gasteiger partial charge is 0.370 e. The summed E-state index contributed by atoms with van der Waals surface area (Å²) in [5.41, 5.74) is 5.10. The molecule has 78 valence electrons. The molecule has 2 unspecified atom stereocenters. The van der Waals surface area contributed by atoms with Crippen LogP contribution in [-0.2, 0) is 4.79 Å². The number of nitrogens with one attached hydrogen (secondary N) is 1. The maximum absolute atomic E-state index is 10.6. The number of aromatic nitrogens is 1. The molecule has 0 saturated carbocycles. The van der Waals surface area contributed by atoms with E-state index in [1.165, 1.54) is 0 Å². The first kappa shape index (κ1) is 11.1. The molecule has 0 spiro atoms. The summed E-state index contributed by atoms with van der Waals surface area (Å²) < 4.78 is 0. The highest BCUT2D eigenvalue weighted by Gasteiger charge is 2.12. The number of rotatable bonds is 5. The van der Waals surface area contributed by atoms with Gasteiger partial charge in [-0.3, -0.25) is 4.79 Å². The zero-order valence-electron chi connectivity index (χ0n) is 8.36. The first-order valence-corrected chi connectivity index (χ1v) is 5.41. The molecule has 14 heavy (non-hydrogen) atoms. The van der Waals surface area contributed by atoms with Crippen molar-refractivity contribution in [1.29, 1.82) is 0 Å². The van der Waals surface area contributed by atoms with Crippen LogP contribution in [0.3, 0.4) is 0 Å². The van der Waals surface area contributed by atoms with E-state index in [-0.39, 0.29) is 18.0 Å². The molecule has 0 saturated heterocycles. The third kappa shape index (κ3) is 3.43. The molecule has 1 rings (SSSR count). The highest BCUT2D eigenvalue weighted by molar-refractivity contribution is 7.09. The predicted octanol–water partition coefficient (Wildman–Crippen LogP) is 1.06. The second-order valence-corrected chi connectivity index (χ2v) is 4.26. The van der Waals surface area contributed by atoms with Crippen molar-refractivity contribution in [2.75, 3.05) is 0 Å². The summed E-state index contributed by atoms with van der Waals surface area (Å²) in [7, 11) is 0. The second-order valence-electron chi connectivity index (χ2n) is 3.33. The van der Waals surface area contributed by atoms with Gasteiger partial charge < -0.3 is 11.1 Å². The highest BCUT2D eigenvalue weighted by Crippen LogP contribution is 2.15. The quantitative estimate of drug-likeness (QED) is 0.768. The van der Waals surface area contributed by atoms with Crippen molar-refractivity contribution in [3.63, 3.8) is 0 Å². The van der Waals surface area contributed by atoms with Crippen molar-refractivity contribution in [1.82, 2.24) is 10.3 Å². The molecule has 1 aromatic heterocycles. The van der Waals surface area contributed by atoms with Crippen LogP contribution < -0.4 is 11.1 Å². The van der Waals surface area contributed by atoms with Crippen molar-refractivity contribution < 1.29 is 4.79 Å². The second kappa shape index (κ2) is 5.07. The number of thiazole rings is 1. The van der Waals surface area contributed by atoms with Gasteiger partial charge in [0.15, 0.2) is 0 Å². The van der Waals surface area contributed by atoms with Crippen molar-refractivity contribution in [2.45, 2.75) is 32.4 Å². The number of primary amides is 1. The standard InChI is InChI=1S/C9H15N3OS/c1-6(5-8(10)13)12-7(2)9-11-3-4-14-9/h3-4,6-7,12H,5H2,1-2H3,(H2,10,13). The predicted molar refractivity (Wildman–Crippen MR) is 56.9 cm³/mol. The average Bonchev–Trinajstić information content (AvgIpc) is 2.53. The Kier molecular flexibility index (Phi) is 4.03. The normalized spacial score (nSPS) is 15.0. The van der Waals surface area contributed by atoms with Crippen LogP contribution in [0.5, 0.6) is 0 Å². The molecule has 2 atom stereocenters. The minimum Gasteiger partial charge on any atom is -0.370 e. The molecule has 1 heterocycles. The van der Waals surface area contributed by atoms with Crippen LogP contribution in [0.4, 0.5) is 0 Å². The summed E-state index contributed by atoms with van der Waals surface area (Å²) >= 11 is 1.60. The Labute approximate surface area is 87.5 Å². The number of hydrogen-bond donors (Lipinski definition) is 2. The van der Waals surface area contributed by atoms with Gasteiger partial charge in [-0.25, -0.2) is 4.98 Å². The first-order valence-electron chi connectivity index (χ1n) is 4.53. The van der Waals surface area contributed by atoms with Gasteiger partial charge in [-0.15, -0.1) is 11.3 Å². The first-order chi connectivity index (χ1) is 6.59. The summed E-state index contributed by atoms with van der Waals surface area (Å²) in [5, 5.41) is 6.23. The maximum Gasteiger partial charge on any atom is 0.218 e. The number of carbonyl (C=O) groups excluding carboxylic acids is 1. The monoisotopic (exact) mass is 213 g/mol. The Morgan fingerprint density at radius 1 is 1.71 bits per heavy atom. The number of amides is 1. The number of carbonyl (C=O) groups is 1. The number of nitrogens with zero attached hydrogens (tertiary/aromatic N) is 1. The Balaban J connectivity index is 2.41. The third-order valence-corrected chi connectivity index (χ3v) is 2.82. The fraction of sp³-hybridized carbons (Fsp3) is 0.556. The van der Waals surface area contributed by atoms with Crippen LogP contribution in [0, 0.1) is 0 Å². The summed E-state index contributed by atoms with van der Waals surface area (Å²) in [4.78, 5) is 14.8. The molecule has 0 aromatic carbocycles. The van der Waals surface area contributed by atoms with E-state index in [1.807, 2.05) is 19.2 Å². The van der Waals surface area contributed by atoms with E-state index < -0.39 is 0 Å². The van der Waals surface area contributed by atoms with Gasteiger partial charge in [-0.1, -0.05) is 0 Å². The summed E-state index contributed by atoms with van der Waals surface area (Å²) in [6.07, 6.45) is 2.13. The fourth-order valence-electron chi connectivity index (χ4n) is 1.31. The van der Waals surface area contributed by atoms with Crippen molar-refractivity contribution in [2.24, 2.45) is 5.73 Å². The number of nitrogens with two attached hydrogens (primary N) is 1. The zero-order valence-corrected chi connectivity index (χ0v) is 9.17. The van der Waals surface area contributed by atoms with Crippen LogP contribution in [0.2, 0.25) is 0 Å².